The van der Waals surface area contributed by atoms with Gasteiger partial charge in [-0.15, -0.1) is 0 Å². The number of Topliss-reactive ketones (excluding diaryl/α,β-unsaturated/α-hetero) is 1. The van der Waals surface area contributed by atoms with E-state index < -0.39 is 0 Å². The van der Waals surface area contributed by atoms with E-state index in [4.69, 9.17) is 0 Å². The molecule has 0 heterocycles. The Morgan fingerprint density at radius 1 is 0.762 bits per heavy atom. The van der Waals surface area contributed by atoms with Crippen LogP contribution in [0.4, 0.5) is 0 Å². The summed E-state index contributed by atoms with van der Waals surface area (Å²) >= 11 is 0. The second kappa shape index (κ2) is 7.39. The Morgan fingerprint density at radius 3 is 1.67 bits per heavy atom. The van der Waals surface area contributed by atoms with E-state index in [1.807, 2.05) is 13.8 Å². The average Bonchev–Trinajstić information content (AvgIpc) is 2.47. The van der Waals surface area contributed by atoms with E-state index in [0.717, 1.165) is 23.1 Å². The molecule has 0 aliphatic rings. The highest BCUT2D eigenvalue weighted by atomic mass is 16.5. The third-order valence-corrected chi connectivity index (χ3v) is 4.54. The van der Waals surface area contributed by atoms with E-state index in [1.165, 1.54) is 23.8 Å². The summed E-state index contributed by atoms with van der Waals surface area (Å²) in [5, 5.41) is 0. The molecule has 0 unspecified atom stereocenters. The number of rotatable bonds is 6. The lowest BCUT2D eigenvalue weighted by molar-refractivity contribution is -0.140. The minimum absolute atomic E-state index is 0.182. The van der Waals surface area contributed by atoms with Crippen molar-refractivity contribution in [2.45, 2.75) is 60.3 Å². The molecule has 0 atom stereocenters. The number of esters is 1. The summed E-state index contributed by atoms with van der Waals surface area (Å²) in [6.07, 6.45) is 2.29. The van der Waals surface area contributed by atoms with Crippen LogP contribution in [0.3, 0.4) is 0 Å². The third kappa shape index (κ3) is 3.93. The Labute approximate surface area is 127 Å². The van der Waals surface area contributed by atoms with Gasteiger partial charge in [-0.25, -0.2) is 0 Å². The van der Waals surface area contributed by atoms with E-state index in [0.29, 0.717) is 19.3 Å². The molecule has 0 aliphatic carbocycles. The first kappa shape index (κ1) is 17.4. The quantitative estimate of drug-likeness (QED) is 0.449. The molecule has 1 aromatic carbocycles. The van der Waals surface area contributed by atoms with E-state index in [-0.39, 0.29) is 11.8 Å². The van der Waals surface area contributed by atoms with Gasteiger partial charge < -0.3 is 4.74 Å². The van der Waals surface area contributed by atoms with Gasteiger partial charge in [-0.1, -0.05) is 0 Å². The van der Waals surface area contributed by atoms with Crippen LogP contribution in [-0.4, -0.2) is 18.9 Å². The summed E-state index contributed by atoms with van der Waals surface area (Å²) in [4.78, 5) is 23.6. The van der Waals surface area contributed by atoms with E-state index >= 15 is 0 Å². The number of hydrogen-bond acceptors (Lipinski definition) is 3. The van der Waals surface area contributed by atoms with Crippen LogP contribution in [0.2, 0.25) is 0 Å². The zero-order valence-electron chi connectivity index (χ0n) is 14.1. The van der Waals surface area contributed by atoms with Crippen molar-refractivity contribution in [2.24, 2.45) is 0 Å². The highest BCUT2D eigenvalue weighted by Gasteiger charge is 2.17. The number of methoxy groups -OCH3 is 1. The first-order valence-corrected chi connectivity index (χ1v) is 7.48. The molecule has 0 radical (unpaired) electrons. The molecule has 0 fully saturated rings. The molecule has 0 N–H and O–H groups in total. The smallest absolute Gasteiger partial charge is 0.305 e. The second-order valence-electron chi connectivity index (χ2n) is 5.71. The summed E-state index contributed by atoms with van der Waals surface area (Å²) < 4.78 is 4.60. The minimum atomic E-state index is -0.211. The number of carbonyl (C=O) groups excluding carboxylic acids is 2. The zero-order chi connectivity index (χ0) is 16.2. The molecule has 0 saturated carbocycles. The van der Waals surface area contributed by atoms with Crippen molar-refractivity contribution in [3.05, 3.63) is 33.4 Å². The van der Waals surface area contributed by atoms with Crippen molar-refractivity contribution in [1.82, 2.24) is 0 Å². The summed E-state index contributed by atoms with van der Waals surface area (Å²) in [5.41, 5.74) is 6.73. The predicted octanol–water partition coefficient (Wildman–Crippen LogP) is 4.14. The highest BCUT2D eigenvalue weighted by Crippen LogP contribution is 2.27. The van der Waals surface area contributed by atoms with Crippen LogP contribution in [0, 0.1) is 34.6 Å². The Balaban J connectivity index is 2.82. The summed E-state index contributed by atoms with van der Waals surface area (Å²) in [7, 11) is 1.39. The van der Waals surface area contributed by atoms with Crippen LogP contribution in [0.15, 0.2) is 0 Å². The molecule has 0 aliphatic heterocycles. The monoisotopic (exact) mass is 290 g/mol. The van der Waals surface area contributed by atoms with Crippen molar-refractivity contribution in [3.63, 3.8) is 0 Å². The number of ether oxygens (including phenoxy) is 1. The molecule has 116 valence electrons. The van der Waals surface area contributed by atoms with Crippen molar-refractivity contribution in [1.29, 1.82) is 0 Å². The van der Waals surface area contributed by atoms with Crippen molar-refractivity contribution in [3.8, 4) is 0 Å². The molecule has 0 saturated heterocycles. The van der Waals surface area contributed by atoms with Crippen LogP contribution < -0.4 is 0 Å². The largest absolute Gasteiger partial charge is 0.469 e. The van der Waals surface area contributed by atoms with Crippen LogP contribution in [0.5, 0.6) is 0 Å². The normalized spacial score (nSPS) is 10.6. The van der Waals surface area contributed by atoms with Crippen LogP contribution in [-0.2, 0) is 9.53 Å². The Bertz CT molecular complexity index is 527. The fraction of sp³-hybridized carbons (Fsp3) is 0.556. The molecule has 3 heteroatoms. The Kier molecular flexibility index (Phi) is 6.13. The molecule has 0 bridgehead atoms. The SMILES string of the molecule is COC(=O)CCCCC(=O)c1c(C)c(C)c(C)c(C)c1C. The molecular weight excluding hydrogens is 264 g/mol. The van der Waals surface area contributed by atoms with Gasteiger partial charge in [0.2, 0.25) is 0 Å². The van der Waals surface area contributed by atoms with Gasteiger partial charge in [0.05, 0.1) is 7.11 Å². The van der Waals surface area contributed by atoms with Crippen molar-refractivity contribution >= 4 is 11.8 Å². The maximum Gasteiger partial charge on any atom is 0.305 e. The highest BCUT2D eigenvalue weighted by molar-refractivity contribution is 5.99. The minimum Gasteiger partial charge on any atom is -0.469 e. The van der Waals surface area contributed by atoms with Crippen molar-refractivity contribution in [2.75, 3.05) is 7.11 Å². The van der Waals surface area contributed by atoms with Crippen molar-refractivity contribution < 1.29 is 14.3 Å². The van der Waals surface area contributed by atoms with Gasteiger partial charge >= 0.3 is 5.97 Å². The van der Waals surface area contributed by atoms with Gasteiger partial charge in [-0.05, 0) is 75.3 Å². The predicted molar refractivity (Wildman–Crippen MR) is 84.9 cm³/mol. The molecule has 21 heavy (non-hydrogen) atoms. The first-order valence-electron chi connectivity index (χ1n) is 7.48. The summed E-state index contributed by atoms with van der Waals surface area (Å²) in [6, 6.07) is 0. The van der Waals surface area contributed by atoms with E-state index in [9.17, 15) is 9.59 Å². The maximum atomic E-state index is 12.5. The molecule has 1 aromatic rings. The van der Waals surface area contributed by atoms with E-state index in [2.05, 4.69) is 25.5 Å². The molecule has 3 nitrogen and oxygen atoms in total. The second-order valence-corrected chi connectivity index (χ2v) is 5.71. The first-order chi connectivity index (χ1) is 9.81. The molecule has 1 rings (SSSR count). The van der Waals surface area contributed by atoms with Gasteiger partial charge in [0.15, 0.2) is 5.78 Å². The third-order valence-electron chi connectivity index (χ3n) is 4.54. The van der Waals surface area contributed by atoms with Crippen LogP contribution in [0.25, 0.3) is 0 Å². The lowest BCUT2D eigenvalue weighted by Gasteiger charge is -2.17. The molecule has 0 amide bonds. The maximum absolute atomic E-state index is 12.5. The number of benzene rings is 1. The van der Waals surface area contributed by atoms with Crippen LogP contribution in [0.1, 0.15) is 63.9 Å². The lowest BCUT2D eigenvalue weighted by atomic mass is 9.86. The number of ketones is 1. The molecular formula is C18H26O3. The zero-order valence-corrected chi connectivity index (χ0v) is 14.1. The molecule has 0 aromatic heterocycles. The number of hydrogen-bond donors (Lipinski definition) is 0. The van der Waals surface area contributed by atoms with Gasteiger partial charge in [0, 0.05) is 18.4 Å². The van der Waals surface area contributed by atoms with Gasteiger partial charge in [-0.2, -0.15) is 0 Å². The van der Waals surface area contributed by atoms with Crippen LogP contribution >= 0.6 is 0 Å². The summed E-state index contributed by atoms with van der Waals surface area (Å²) in [6.45, 7) is 10.3. The lowest BCUT2D eigenvalue weighted by Crippen LogP contribution is -2.10. The fourth-order valence-electron chi connectivity index (χ4n) is 2.70. The Hall–Kier alpha value is -1.64. The average molecular weight is 290 g/mol. The number of unbranched alkanes of at least 4 members (excludes halogenated alkanes) is 1. The van der Waals surface area contributed by atoms with Gasteiger partial charge in [0.1, 0.15) is 0 Å². The van der Waals surface area contributed by atoms with Gasteiger partial charge in [-0.3, -0.25) is 9.59 Å². The number of carbonyl (C=O) groups is 2. The topological polar surface area (TPSA) is 43.4 Å². The molecule has 0 spiro atoms. The fourth-order valence-corrected chi connectivity index (χ4v) is 2.70. The standard InChI is InChI=1S/C18H26O3/c1-11-12(2)14(4)18(15(5)13(11)3)16(19)9-7-8-10-17(20)21-6/h7-10H2,1-6H3. The Morgan fingerprint density at radius 2 is 1.19 bits per heavy atom. The summed E-state index contributed by atoms with van der Waals surface area (Å²) in [5.74, 6) is -0.0297. The van der Waals surface area contributed by atoms with E-state index in [1.54, 1.807) is 0 Å². The van der Waals surface area contributed by atoms with Gasteiger partial charge in [0.25, 0.3) is 0 Å².